The summed E-state index contributed by atoms with van der Waals surface area (Å²) in [6, 6.07) is 0. The number of hydrogen-bond acceptors (Lipinski definition) is 2. The number of carbonyl (C=O) groups excluding carboxylic acids is 1. The van der Waals surface area contributed by atoms with Crippen LogP contribution in [0.15, 0.2) is 0 Å². The maximum absolute atomic E-state index is 11.6. The van der Waals surface area contributed by atoms with Gasteiger partial charge in [0.25, 0.3) is 0 Å². The van der Waals surface area contributed by atoms with Gasteiger partial charge in [-0.2, -0.15) is 0 Å². The zero-order valence-corrected chi connectivity index (χ0v) is 16.7. The second-order valence-corrected chi connectivity index (χ2v) is 9.23. The van der Waals surface area contributed by atoms with Crippen LogP contribution in [0.2, 0.25) is 0 Å². The van der Waals surface area contributed by atoms with E-state index in [4.69, 9.17) is 4.74 Å². The van der Waals surface area contributed by atoms with Gasteiger partial charge in [0.1, 0.15) is 6.10 Å². The summed E-state index contributed by atoms with van der Waals surface area (Å²) >= 11 is 0. The van der Waals surface area contributed by atoms with Gasteiger partial charge < -0.3 is 4.74 Å². The molecule has 0 aromatic carbocycles. The molecule has 0 radical (unpaired) electrons. The molecule has 2 heteroatoms. The molecule has 0 aromatic rings. The van der Waals surface area contributed by atoms with Crippen molar-refractivity contribution in [3.63, 3.8) is 0 Å². The van der Waals surface area contributed by atoms with Gasteiger partial charge in [-0.25, -0.2) is 0 Å². The highest BCUT2D eigenvalue weighted by Gasteiger charge is 2.44. The highest BCUT2D eigenvalue weighted by atomic mass is 16.5. The Hall–Kier alpha value is -0.530. The topological polar surface area (TPSA) is 26.3 Å². The number of rotatable bonds is 7. The number of unbranched alkanes of at least 4 members (excludes halogenated alkanes) is 3. The van der Waals surface area contributed by atoms with Crippen LogP contribution in [0, 0.1) is 29.6 Å². The molecule has 4 unspecified atom stereocenters. The lowest BCUT2D eigenvalue weighted by Gasteiger charge is -2.50. The van der Waals surface area contributed by atoms with E-state index in [1.165, 1.54) is 70.6 Å². The number of esters is 1. The zero-order valence-electron chi connectivity index (χ0n) is 16.7. The molecule has 6 atom stereocenters. The zero-order chi connectivity index (χ0) is 17.6. The lowest BCUT2D eigenvalue weighted by molar-refractivity contribution is -0.153. The first-order valence-electron chi connectivity index (χ1n) is 11.4. The van der Waals surface area contributed by atoms with Crippen molar-refractivity contribution in [3.8, 4) is 0 Å². The van der Waals surface area contributed by atoms with E-state index in [0.717, 1.165) is 42.4 Å². The molecule has 3 aliphatic carbocycles. The molecule has 0 N–H and O–H groups in total. The predicted molar refractivity (Wildman–Crippen MR) is 103 cm³/mol. The summed E-state index contributed by atoms with van der Waals surface area (Å²) in [4.78, 5) is 11.6. The smallest absolute Gasteiger partial charge is 0.305 e. The van der Waals surface area contributed by atoms with E-state index in [2.05, 4.69) is 6.92 Å². The Labute approximate surface area is 155 Å². The van der Waals surface area contributed by atoms with Crippen LogP contribution in [-0.4, -0.2) is 12.1 Å². The van der Waals surface area contributed by atoms with E-state index < -0.39 is 0 Å². The van der Waals surface area contributed by atoms with Gasteiger partial charge in [0, 0.05) is 6.42 Å². The third-order valence-electron chi connectivity index (χ3n) is 7.65. The normalized spacial score (nSPS) is 37.8. The Kier molecular flexibility index (Phi) is 7.25. The Morgan fingerprint density at radius 1 is 0.840 bits per heavy atom. The Bertz CT molecular complexity index is 418. The highest BCUT2D eigenvalue weighted by molar-refractivity contribution is 5.69. The molecule has 3 rings (SSSR count). The molecular weight excluding hydrogens is 308 g/mol. The van der Waals surface area contributed by atoms with Gasteiger partial charge in [-0.3, -0.25) is 4.79 Å². The SMILES string of the molecule is CCCCCC[C@H]1CCC2C(CCC3C[C@@H](OC(=O)CC)CCC32)C1. The molecule has 144 valence electrons. The van der Waals surface area contributed by atoms with E-state index in [0.29, 0.717) is 6.42 Å². The fourth-order valence-electron chi connectivity index (χ4n) is 6.35. The molecule has 0 saturated heterocycles. The predicted octanol–water partition coefficient (Wildman–Crippen LogP) is 6.52. The van der Waals surface area contributed by atoms with Gasteiger partial charge in [-0.05, 0) is 74.5 Å². The molecule has 0 aromatic heterocycles. The minimum atomic E-state index is 0.000664. The Morgan fingerprint density at radius 2 is 1.56 bits per heavy atom. The van der Waals surface area contributed by atoms with E-state index >= 15 is 0 Å². The second kappa shape index (κ2) is 9.42. The van der Waals surface area contributed by atoms with Crippen molar-refractivity contribution in [3.05, 3.63) is 0 Å². The number of hydrogen-bond donors (Lipinski definition) is 0. The summed E-state index contributed by atoms with van der Waals surface area (Å²) in [6.45, 7) is 4.21. The minimum Gasteiger partial charge on any atom is -0.462 e. The minimum absolute atomic E-state index is 0.000664. The van der Waals surface area contributed by atoms with Crippen LogP contribution >= 0.6 is 0 Å². The van der Waals surface area contributed by atoms with E-state index in [1.807, 2.05) is 6.92 Å². The molecule has 25 heavy (non-hydrogen) atoms. The van der Waals surface area contributed by atoms with E-state index in [-0.39, 0.29) is 12.1 Å². The van der Waals surface area contributed by atoms with Crippen molar-refractivity contribution in [2.75, 3.05) is 0 Å². The average molecular weight is 349 g/mol. The van der Waals surface area contributed by atoms with Crippen molar-refractivity contribution < 1.29 is 9.53 Å². The van der Waals surface area contributed by atoms with E-state index in [1.54, 1.807) is 0 Å². The first-order chi connectivity index (χ1) is 12.2. The summed E-state index contributed by atoms with van der Waals surface area (Å²) in [5, 5.41) is 0. The average Bonchev–Trinajstić information content (AvgIpc) is 2.64. The van der Waals surface area contributed by atoms with Crippen molar-refractivity contribution in [2.24, 2.45) is 29.6 Å². The van der Waals surface area contributed by atoms with Gasteiger partial charge in [0.2, 0.25) is 0 Å². The molecule has 0 spiro atoms. The monoisotopic (exact) mass is 348 g/mol. The van der Waals surface area contributed by atoms with Crippen LogP contribution in [0.4, 0.5) is 0 Å². The van der Waals surface area contributed by atoms with Crippen LogP contribution < -0.4 is 0 Å². The van der Waals surface area contributed by atoms with Crippen LogP contribution in [0.25, 0.3) is 0 Å². The maximum Gasteiger partial charge on any atom is 0.305 e. The van der Waals surface area contributed by atoms with Gasteiger partial charge >= 0.3 is 5.97 Å². The van der Waals surface area contributed by atoms with Crippen LogP contribution in [0.1, 0.15) is 104 Å². The van der Waals surface area contributed by atoms with Crippen LogP contribution in [0.3, 0.4) is 0 Å². The highest BCUT2D eigenvalue weighted by Crippen LogP contribution is 2.53. The number of ether oxygens (including phenoxy) is 1. The largest absolute Gasteiger partial charge is 0.462 e. The molecule has 3 fully saturated rings. The molecule has 0 bridgehead atoms. The van der Waals surface area contributed by atoms with Crippen LogP contribution in [0.5, 0.6) is 0 Å². The molecule has 0 amide bonds. The Balaban J connectivity index is 1.46. The molecule has 0 heterocycles. The van der Waals surface area contributed by atoms with Crippen molar-refractivity contribution in [2.45, 2.75) is 110 Å². The first-order valence-corrected chi connectivity index (χ1v) is 11.4. The van der Waals surface area contributed by atoms with Crippen LogP contribution in [-0.2, 0) is 9.53 Å². The quantitative estimate of drug-likeness (QED) is 0.386. The summed E-state index contributed by atoms with van der Waals surface area (Å²) in [6.07, 6.45) is 18.9. The summed E-state index contributed by atoms with van der Waals surface area (Å²) < 4.78 is 5.67. The van der Waals surface area contributed by atoms with Crippen molar-refractivity contribution >= 4 is 5.97 Å². The molecule has 2 nitrogen and oxygen atoms in total. The fraction of sp³-hybridized carbons (Fsp3) is 0.957. The van der Waals surface area contributed by atoms with Gasteiger partial charge in [-0.15, -0.1) is 0 Å². The van der Waals surface area contributed by atoms with Gasteiger partial charge in [-0.1, -0.05) is 52.4 Å². The lowest BCUT2D eigenvalue weighted by Crippen LogP contribution is -2.43. The summed E-state index contributed by atoms with van der Waals surface area (Å²) in [5.74, 6) is 4.81. The third kappa shape index (κ3) is 5.01. The molecule has 0 aliphatic heterocycles. The lowest BCUT2D eigenvalue weighted by atomic mass is 9.56. The number of fused-ring (bicyclic) bond motifs is 3. The van der Waals surface area contributed by atoms with E-state index in [9.17, 15) is 4.79 Å². The summed E-state index contributed by atoms with van der Waals surface area (Å²) in [7, 11) is 0. The Morgan fingerprint density at radius 3 is 2.28 bits per heavy atom. The van der Waals surface area contributed by atoms with Gasteiger partial charge in [0.15, 0.2) is 0 Å². The van der Waals surface area contributed by atoms with Crippen molar-refractivity contribution in [1.82, 2.24) is 0 Å². The molecule has 3 saturated carbocycles. The standard InChI is InChI=1S/C23H40O2/c1-3-5-6-7-8-17-9-13-21-18(15-17)10-11-19-16-20(12-14-22(19)21)25-23(24)4-2/h17-22H,3-16H2,1-2H3/t17-,18?,19?,20-,21?,22?/m0/s1. The molecule has 3 aliphatic rings. The number of carbonyl (C=O) groups is 1. The van der Waals surface area contributed by atoms with Crippen molar-refractivity contribution in [1.29, 1.82) is 0 Å². The molecular formula is C23H40O2. The summed E-state index contributed by atoms with van der Waals surface area (Å²) in [5.41, 5.74) is 0. The third-order valence-corrected chi connectivity index (χ3v) is 7.65. The maximum atomic E-state index is 11.6. The second-order valence-electron chi connectivity index (χ2n) is 9.23. The fourth-order valence-corrected chi connectivity index (χ4v) is 6.35. The van der Waals surface area contributed by atoms with Gasteiger partial charge in [0.05, 0.1) is 0 Å². The first kappa shape index (κ1) is 19.2.